The molecule has 0 unspecified atom stereocenters. The summed E-state index contributed by atoms with van der Waals surface area (Å²) >= 11 is 7.46. The minimum Gasteiger partial charge on any atom is -0.497 e. The highest BCUT2D eigenvalue weighted by atomic mass is 35.5. The summed E-state index contributed by atoms with van der Waals surface area (Å²) in [5.74, 6) is 1.22. The van der Waals surface area contributed by atoms with Gasteiger partial charge in [-0.05, 0) is 30.3 Å². The highest BCUT2D eigenvalue weighted by Crippen LogP contribution is 2.24. The number of nitrogens with zero attached hydrogens (tertiary/aromatic N) is 2. The van der Waals surface area contributed by atoms with Crippen LogP contribution in [0.1, 0.15) is 10.8 Å². The molecule has 2 heterocycles. The highest BCUT2D eigenvalue weighted by Gasteiger charge is 2.10. The first-order chi connectivity index (χ1) is 12.6. The normalized spacial score (nSPS) is 11.0. The van der Waals surface area contributed by atoms with E-state index in [0.29, 0.717) is 33.9 Å². The third kappa shape index (κ3) is 3.34. The summed E-state index contributed by atoms with van der Waals surface area (Å²) in [6.07, 6.45) is 0.468. The maximum absolute atomic E-state index is 12.3. The van der Waals surface area contributed by atoms with Crippen LogP contribution in [0, 0.1) is 0 Å². The molecule has 0 amide bonds. The Labute approximate surface area is 158 Å². The van der Waals surface area contributed by atoms with Gasteiger partial charge in [0.15, 0.2) is 0 Å². The van der Waals surface area contributed by atoms with E-state index in [-0.39, 0.29) is 5.56 Å². The predicted octanol–water partition coefficient (Wildman–Crippen LogP) is 4.30. The number of fused-ring (bicyclic) bond motifs is 1. The van der Waals surface area contributed by atoms with E-state index >= 15 is 0 Å². The predicted molar refractivity (Wildman–Crippen MR) is 104 cm³/mol. The van der Waals surface area contributed by atoms with E-state index in [2.05, 4.69) is 15.0 Å². The van der Waals surface area contributed by atoms with E-state index in [4.69, 9.17) is 16.3 Å². The lowest BCUT2D eigenvalue weighted by Gasteiger charge is -2.04. The molecule has 2 aromatic carbocycles. The number of aromatic nitrogens is 3. The number of methoxy groups -OCH3 is 1. The van der Waals surface area contributed by atoms with Crippen molar-refractivity contribution in [3.05, 3.63) is 74.1 Å². The monoisotopic (exact) mass is 383 g/mol. The molecular formula is C19H14ClN3O2S. The van der Waals surface area contributed by atoms with Crippen LogP contribution in [0.25, 0.3) is 22.2 Å². The lowest BCUT2D eigenvalue weighted by atomic mass is 10.2. The molecule has 0 fully saturated rings. The van der Waals surface area contributed by atoms with Crippen molar-refractivity contribution in [1.29, 1.82) is 0 Å². The van der Waals surface area contributed by atoms with Crippen molar-refractivity contribution in [2.24, 2.45) is 0 Å². The molecule has 0 aliphatic heterocycles. The first-order valence-electron chi connectivity index (χ1n) is 7.89. The number of halogens is 1. The van der Waals surface area contributed by atoms with Crippen LogP contribution in [0.4, 0.5) is 0 Å². The molecule has 26 heavy (non-hydrogen) atoms. The zero-order valence-corrected chi connectivity index (χ0v) is 15.4. The van der Waals surface area contributed by atoms with Gasteiger partial charge in [-0.15, -0.1) is 11.3 Å². The van der Waals surface area contributed by atoms with Gasteiger partial charge in [0.25, 0.3) is 5.56 Å². The van der Waals surface area contributed by atoms with Crippen LogP contribution in [-0.4, -0.2) is 22.1 Å². The average molecular weight is 384 g/mol. The Hall–Kier alpha value is -2.70. The molecule has 0 aliphatic carbocycles. The van der Waals surface area contributed by atoms with Crippen LogP contribution in [0.5, 0.6) is 5.75 Å². The number of nitrogens with one attached hydrogen (secondary N) is 1. The fourth-order valence-corrected chi connectivity index (χ4v) is 3.60. The topological polar surface area (TPSA) is 67.9 Å². The molecule has 4 aromatic rings. The number of benzene rings is 2. The molecule has 1 N–H and O–H groups in total. The van der Waals surface area contributed by atoms with Crippen LogP contribution in [-0.2, 0) is 6.42 Å². The first-order valence-corrected chi connectivity index (χ1v) is 9.15. The van der Waals surface area contributed by atoms with Gasteiger partial charge in [-0.3, -0.25) is 4.79 Å². The maximum atomic E-state index is 12.3. The summed E-state index contributed by atoms with van der Waals surface area (Å²) in [4.78, 5) is 24.3. The zero-order valence-electron chi connectivity index (χ0n) is 13.8. The minimum atomic E-state index is -0.182. The second kappa shape index (κ2) is 6.90. The summed E-state index contributed by atoms with van der Waals surface area (Å²) in [5, 5.41) is 4.07. The fourth-order valence-electron chi connectivity index (χ4n) is 2.67. The molecule has 4 rings (SSSR count). The van der Waals surface area contributed by atoms with E-state index in [1.54, 1.807) is 25.3 Å². The SMILES string of the molecule is COc1ccc2nc(Cc3nc(-c4ccc(Cl)cc4)cs3)[nH]c(=O)c2c1. The van der Waals surface area contributed by atoms with Crippen molar-refractivity contribution in [3.63, 3.8) is 0 Å². The molecule has 0 saturated carbocycles. The van der Waals surface area contributed by atoms with Gasteiger partial charge in [-0.25, -0.2) is 9.97 Å². The number of aromatic amines is 1. The minimum absolute atomic E-state index is 0.182. The van der Waals surface area contributed by atoms with Crippen LogP contribution < -0.4 is 10.3 Å². The third-order valence-corrected chi connectivity index (χ3v) is 5.07. The van der Waals surface area contributed by atoms with Gasteiger partial charge in [0.1, 0.15) is 16.6 Å². The van der Waals surface area contributed by atoms with Crippen molar-refractivity contribution in [3.8, 4) is 17.0 Å². The summed E-state index contributed by atoms with van der Waals surface area (Å²) in [7, 11) is 1.57. The average Bonchev–Trinajstić information content (AvgIpc) is 3.10. The molecule has 130 valence electrons. The van der Waals surface area contributed by atoms with Crippen molar-refractivity contribution in [2.45, 2.75) is 6.42 Å². The Morgan fingerprint density at radius 2 is 1.96 bits per heavy atom. The van der Waals surface area contributed by atoms with Gasteiger partial charge in [-0.1, -0.05) is 23.7 Å². The van der Waals surface area contributed by atoms with Gasteiger partial charge in [0, 0.05) is 16.0 Å². The first kappa shape index (κ1) is 16.8. The van der Waals surface area contributed by atoms with Crippen molar-refractivity contribution in [2.75, 3.05) is 7.11 Å². The van der Waals surface area contributed by atoms with Gasteiger partial charge in [0.05, 0.1) is 30.1 Å². The molecular weight excluding hydrogens is 370 g/mol. The molecule has 0 spiro atoms. The maximum Gasteiger partial charge on any atom is 0.258 e. The van der Waals surface area contributed by atoms with E-state index in [0.717, 1.165) is 16.3 Å². The molecule has 0 atom stereocenters. The van der Waals surface area contributed by atoms with Crippen LogP contribution in [0.2, 0.25) is 5.02 Å². The van der Waals surface area contributed by atoms with Gasteiger partial charge >= 0.3 is 0 Å². The number of hydrogen-bond donors (Lipinski definition) is 1. The molecule has 0 radical (unpaired) electrons. The fraction of sp³-hybridized carbons (Fsp3) is 0.105. The third-order valence-electron chi connectivity index (χ3n) is 3.97. The number of rotatable bonds is 4. The Balaban J connectivity index is 1.63. The Morgan fingerprint density at radius 3 is 2.73 bits per heavy atom. The molecule has 0 saturated heterocycles. The van der Waals surface area contributed by atoms with Crippen molar-refractivity contribution >= 4 is 33.8 Å². The van der Waals surface area contributed by atoms with E-state index in [1.807, 2.05) is 29.6 Å². The smallest absolute Gasteiger partial charge is 0.258 e. The lowest BCUT2D eigenvalue weighted by molar-refractivity contribution is 0.415. The molecule has 0 bridgehead atoms. The van der Waals surface area contributed by atoms with Crippen molar-refractivity contribution in [1.82, 2.24) is 15.0 Å². The number of hydrogen-bond acceptors (Lipinski definition) is 5. The quantitative estimate of drug-likeness (QED) is 0.570. The van der Waals surface area contributed by atoms with Crippen LogP contribution >= 0.6 is 22.9 Å². The van der Waals surface area contributed by atoms with E-state index in [9.17, 15) is 4.79 Å². The van der Waals surface area contributed by atoms with Crippen LogP contribution in [0.3, 0.4) is 0 Å². The number of thiazole rings is 1. The Bertz CT molecular complexity index is 1140. The summed E-state index contributed by atoms with van der Waals surface area (Å²) < 4.78 is 5.16. The standard InChI is InChI=1S/C19H14ClN3O2S/c1-25-13-6-7-15-14(8-13)19(24)23-17(21-15)9-18-22-16(10-26-18)11-2-4-12(20)5-3-11/h2-8,10H,9H2,1H3,(H,21,23,24). The summed E-state index contributed by atoms with van der Waals surface area (Å²) in [6.45, 7) is 0. The second-order valence-electron chi connectivity index (χ2n) is 5.71. The largest absolute Gasteiger partial charge is 0.497 e. The van der Waals surface area contributed by atoms with Gasteiger partial charge < -0.3 is 9.72 Å². The van der Waals surface area contributed by atoms with Gasteiger partial charge in [-0.2, -0.15) is 0 Å². The zero-order chi connectivity index (χ0) is 18.1. The number of H-pyrrole nitrogens is 1. The molecule has 2 aromatic heterocycles. The molecule has 5 nitrogen and oxygen atoms in total. The molecule has 0 aliphatic rings. The second-order valence-corrected chi connectivity index (χ2v) is 7.08. The Kier molecular flexibility index (Phi) is 4.44. The Morgan fingerprint density at radius 1 is 1.15 bits per heavy atom. The van der Waals surface area contributed by atoms with Gasteiger partial charge in [0.2, 0.25) is 0 Å². The summed E-state index contributed by atoms with van der Waals surface area (Å²) in [5.41, 5.74) is 2.34. The lowest BCUT2D eigenvalue weighted by Crippen LogP contribution is -2.12. The van der Waals surface area contributed by atoms with E-state index in [1.165, 1.54) is 11.3 Å². The van der Waals surface area contributed by atoms with Crippen molar-refractivity contribution < 1.29 is 4.74 Å². The van der Waals surface area contributed by atoms with Crippen LogP contribution in [0.15, 0.2) is 52.6 Å². The highest BCUT2D eigenvalue weighted by molar-refractivity contribution is 7.10. The summed E-state index contributed by atoms with van der Waals surface area (Å²) in [6, 6.07) is 12.8. The number of ether oxygens (including phenoxy) is 1. The van der Waals surface area contributed by atoms with E-state index < -0.39 is 0 Å². The molecule has 7 heteroatoms.